The van der Waals surface area contributed by atoms with Crippen LogP contribution in [0.3, 0.4) is 0 Å². The van der Waals surface area contributed by atoms with Gasteiger partial charge >= 0.3 is 0 Å². The average Bonchev–Trinajstić information content (AvgIpc) is 2.68. The molecule has 0 bridgehead atoms. The van der Waals surface area contributed by atoms with Crippen molar-refractivity contribution in [2.45, 2.75) is 6.10 Å². The molecule has 0 unspecified atom stereocenters. The summed E-state index contributed by atoms with van der Waals surface area (Å²) in [7, 11) is 0. The lowest BCUT2D eigenvalue weighted by Gasteiger charge is -2.25. The van der Waals surface area contributed by atoms with Crippen LogP contribution in [0.2, 0.25) is 0 Å². The van der Waals surface area contributed by atoms with E-state index in [2.05, 4.69) is 15.5 Å². The fourth-order valence-corrected chi connectivity index (χ4v) is 2.47. The Morgan fingerprint density at radius 1 is 1.08 bits per heavy atom. The fraction of sp³-hybridized carbons (Fsp3) is 0.105. The molecule has 0 aliphatic carbocycles. The van der Waals surface area contributed by atoms with Gasteiger partial charge in [0.2, 0.25) is 12.0 Å². The Hall–Kier alpha value is -3.61. The maximum absolute atomic E-state index is 12.5. The van der Waals surface area contributed by atoms with Crippen LogP contribution >= 0.6 is 0 Å². The Bertz CT molecular complexity index is 917. The quantitative estimate of drug-likeness (QED) is 0.779. The zero-order chi connectivity index (χ0) is 17.8. The smallest absolute Gasteiger partial charge is 0.269 e. The Morgan fingerprint density at radius 3 is 2.81 bits per heavy atom. The van der Waals surface area contributed by atoms with E-state index in [4.69, 9.17) is 14.2 Å². The van der Waals surface area contributed by atoms with Crippen LogP contribution in [0.1, 0.15) is 0 Å². The topological polar surface area (TPSA) is 82.6 Å². The Labute approximate surface area is 149 Å². The Morgan fingerprint density at radius 2 is 1.96 bits per heavy atom. The molecule has 26 heavy (non-hydrogen) atoms. The Kier molecular flexibility index (Phi) is 4.34. The van der Waals surface area contributed by atoms with Gasteiger partial charge in [-0.1, -0.05) is 18.2 Å². The van der Waals surface area contributed by atoms with Gasteiger partial charge in [0.15, 0.2) is 11.5 Å². The van der Waals surface area contributed by atoms with Crippen LogP contribution in [0.4, 0.5) is 5.69 Å². The first-order valence-corrected chi connectivity index (χ1v) is 8.03. The molecule has 2 heterocycles. The predicted octanol–water partition coefficient (Wildman–Crippen LogP) is 3.05. The maximum atomic E-state index is 12.5. The van der Waals surface area contributed by atoms with Crippen LogP contribution < -0.4 is 19.5 Å². The van der Waals surface area contributed by atoms with Crippen molar-refractivity contribution in [1.82, 2.24) is 10.2 Å². The molecule has 2 aromatic carbocycles. The number of anilines is 1. The number of fused-ring (bicyclic) bond motifs is 1. The highest BCUT2D eigenvalue weighted by molar-refractivity contribution is 5.94. The summed E-state index contributed by atoms with van der Waals surface area (Å²) in [6.45, 7) is 0.151. The molecule has 1 aliphatic heterocycles. The van der Waals surface area contributed by atoms with E-state index in [1.165, 1.54) is 0 Å². The number of carbonyl (C=O) groups is 1. The summed E-state index contributed by atoms with van der Waals surface area (Å²) < 4.78 is 16.9. The minimum absolute atomic E-state index is 0.151. The molecule has 1 aromatic heterocycles. The lowest BCUT2D eigenvalue weighted by molar-refractivity contribution is -0.125. The summed E-state index contributed by atoms with van der Waals surface area (Å²) in [5.74, 6) is 1.80. The second-order valence-corrected chi connectivity index (χ2v) is 5.55. The van der Waals surface area contributed by atoms with Crippen LogP contribution in [0.15, 0.2) is 66.9 Å². The van der Waals surface area contributed by atoms with E-state index in [9.17, 15) is 4.79 Å². The molecule has 1 N–H and O–H groups in total. The van der Waals surface area contributed by atoms with Crippen molar-refractivity contribution < 1.29 is 19.0 Å². The zero-order valence-electron chi connectivity index (χ0n) is 13.7. The number of nitrogens with zero attached hydrogens (tertiary/aromatic N) is 2. The van der Waals surface area contributed by atoms with Gasteiger partial charge < -0.3 is 19.5 Å². The fourth-order valence-electron chi connectivity index (χ4n) is 2.47. The number of hydrogen-bond acceptors (Lipinski definition) is 6. The van der Waals surface area contributed by atoms with E-state index in [0.29, 0.717) is 28.8 Å². The van der Waals surface area contributed by atoms with E-state index in [1.54, 1.807) is 54.7 Å². The van der Waals surface area contributed by atoms with Gasteiger partial charge in [0.1, 0.15) is 12.4 Å². The number of hydrogen-bond donors (Lipinski definition) is 1. The molecule has 0 saturated carbocycles. The highest BCUT2D eigenvalue weighted by Gasteiger charge is 2.27. The standard InChI is InChI=1S/C19H15N3O4/c23-19(17-12-24-15-7-1-2-8-16(15)26-17)21-13-5-3-6-14(11-13)25-18-9-4-10-20-22-18/h1-11,17H,12H2,(H,21,23)/t17-/m0/s1. The van der Waals surface area contributed by atoms with Crippen LogP contribution in [-0.2, 0) is 4.79 Å². The summed E-state index contributed by atoms with van der Waals surface area (Å²) in [5, 5.41) is 10.4. The summed E-state index contributed by atoms with van der Waals surface area (Å²) in [6, 6.07) is 17.7. The molecular weight excluding hydrogens is 334 g/mol. The number of nitrogens with one attached hydrogen (secondary N) is 1. The molecule has 7 nitrogen and oxygen atoms in total. The van der Waals surface area contributed by atoms with E-state index in [1.807, 2.05) is 12.1 Å². The van der Waals surface area contributed by atoms with Gasteiger partial charge in [-0.15, -0.1) is 5.10 Å². The van der Waals surface area contributed by atoms with E-state index >= 15 is 0 Å². The first-order valence-electron chi connectivity index (χ1n) is 8.03. The molecule has 0 fully saturated rings. The van der Waals surface area contributed by atoms with Crippen molar-refractivity contribution >= 4 is 11.6 Å². The first kappa shape index (κ1) is 15.9. The van der Waals surface area contributed by atoms with E-state index in [-0.39, 0.29) is 12.5 Å². The summed E-state index contributed by atoms with van der Waals surface area (Å²) in [5.41, 5.74) is 0.582. The molecule has 0 saturated heterocycles. The summed E-state index contributed by atoms with van der Waals surface area (Å²) >= 11 is 0. The van der Waals surface area contributed by atoms with Crippen LogP contribution in [0.5, 0.6) is 23.1 Å². The van der Waals surface area contributed by atoms with Gasteiger partial charge in [-0.25, -0.2) is 0 Å². The number of rotatable bonds is 4. The van der Waals surface area contributed by atoms with Crippen LogP contribution in [-0.4, -0.2) is 28.8 Å². The molecule has 1 atom stereocenters. The van der Waals surface area contributed by atoms with Crippen molar-refractivity contribution in [1.29, 1.82) is 0 Å². The van der Waals surface area contributed by atoms with Crippen molar-refractivity contribution in [3.05, 3.63) is 66.9 Å². The second-order valence-electron chi connectivity index (χ2n) is 5.55. The number of para-hydroxylation sites is 2. The predicted molar refractivity (Wildman–Crippen MR) is 93.5 cm³/mol. The monoisotopic (exact) mass is 349 g/mol. The lowest BCUT2D eigenvalue weighted by Crippen LogP contribution is -2.40. The van der Waals surface area contributed by atoms with Crippen molar-refractivity contribution in [2.75, 3.05) is 11.9 Å². The minimum atomic E-state index is -0.727. The molecule has 130 valence electrons. The molecule has 0 radical (unpaired) electrons. The van der Waals surface area contributed by atoms with Gasteiger partial charge in [-0.05, 0) is 30.3 Å². The minimum Gasteiger partial charge on any atom is -0.485 e. The number of amides is 1. The van der Waals surface area contributed by atoms with Crippen LogP contribution in [0, 0.1) is 0 Å². The molecule has 1 amide bonds. The summed E-state index contributed by atoms with van der Waals surface area (Å²) in [6.07, 6.45) is 0.836. The average molecular weight is 349 g/mol. The first-order chi connectivity index (χ1) is 12.8. The van der Waals surface area contributed by atoms with Gasteiger partial charge in [-0.2, -0.15) is 5.10 Å². The Balaban J connectivity index is 1.43. The van der Waals surface area contributed by atoms with Crippen molar-refractivity contribution in [3.63, 3.8) is 0 Å². The van der Waals surface area contributed by atoms with Gasteiger partial charge in [-0.3, -0.25) is 4.79 Å². The molecule has 4 rings (SSSR count). The summed E-state index contributed by atoms with van der Waals surface area (Å²) in [4.78, 5) is 12.5. The SMILES string of the molecule is O=C(Nc1cccc(Oc2cccnn2)c1)[C@@H]1COc2ccccc2O1. The molecule has 7 heteroatoms. The van der Waals surface area contributed by atoms with Crippen molar-refractivity contribution in [3.8, 4) is 23.1 Å². The number of ether oxygens (including phenoxy) is 3. The van der Waals surface area contributed by atoms with Crippen LogP contribution in [0.25, 0.3) is 0 Å². The third kappa shape index (κ3) is 3.56. The highest BCUT2D eigenvalue weighted by atomic mass is 16.6. The molecule has 3 aromatic rings. The third-order valence-corrected chi connectivity index (χ3v) is 3.67. The normalized spacial score (nSPS) is 15.2. The lowest BCUT2D eigenvalue weighted by atomic mass is 10.2. The highest BCUT2D eigenvalue weighted by Crippen LogP contribution is 2.31. The van der Waals surface area contributed by atoms with E-state index in [0.717, 1.165) is 0 Å². The van der Waals surface area contributed by atoms with Gasteiger partial charge in [0, 0.05) is 24.0 Å². The zero-order valence-corrected chi connectivity index (χ0v) is 13.7. The van der Waals surface area contributed by atoms with Crippen molar-refractivity contribution in [2.24, 2.45) is 0 Å². The molecule has 1 aliphatic rings. The number of carbonyl (C=O) groups excluding carboxylic acids is 1. The number of benzene rings is 2. The third-order valence-electron chi connectivity index (χ3n) is 3.67. The number of aromatic nitrogens is 2. The largest absolute Gasteiger partial charge is 0.485 e. The second kappa shape index (κ2) is 7.10. The van der Waals surface area contributed by atoms with Gasteiger partial charge in [0.05, 0.1) is 0 Å². The van der Waals surface area contributed by atoms with Gasteiger partial charge in [0.25, 0.3) is 5.91 Å². The van der Waals surface area contributed by atoms with E-state index < -0.39 is 6.10 Å². The maximum Gasteiger partial charge on any atom is 0.269 e. The molecular formula is C19H15N3O4. The molecule has 0 spiro atoms.